The molecule has 6 rings (SSSR count). The van der Waals surface area contributed by atoms with E-state index in [1.54, 1.807) is 12.1 Å². The van der Waals surface area contributed by atoms with Crippen LogP contribution >= 0.6 is 0 Å². The van der Waals surface area contributed by atoms with E-state index >= 15 is 0 Å². The Balaban J connectivity index is 1.11. The molecule has 0 spiro atoms. The minimum atomic E-state index is -4.62. The van der Waals surface area contributed by atoms with Crippen LogP contribution in [0.5, 0.6) is 0 Å². The van der Waals surface area contributed by atoms with Gasteiger partial charge in [0.2, 0.25) is 0 Å². The monoisotopic (exact) mass is 587 g/mol. The van der Waals surface area contributed by atoms with Gasteiger partial charge in [-0.25, -0.2) is 9.18 Å². The molecule has 0 radical (unpaired) electrons. The zero-order valence-corrected chi connectivity index (χ0v) is 23.7. The van der Waals surface area contributed by atoms with Crippen molar-refractivity contribution in [3.05, 3.63) is 76.7 Å². The van der Waals surface area contributed by atoms with Crippen LogP contribution in [0.1, 0.15) is 72.0 Å². The van der Waals surface area contributed by atoms with Crippen molar-refractivity contribution >= 4 is 11.7 Å². The number of carboxylic acid groups (broad SMARTS) is 1. The van der Waals surface area contributed by atoms with Crippen molar-refractivity contribution in [1.29, 1.82) is 0 Å². The molecule has 1 aliphatic carbocycles. The first-order chi connectivity index (χ1) is 20.0. The van der Waals surface area contributed by atoms with Gasteiger partial charge in [0, 0.05) is 24.8 Å². The predicted octanol–water partition coefficient (Wildman–Crippen LogP) is 6.69. The number of benzene rings is 2. The zero-order valence-electron chi connectivity index (χ0n) is 23.7. The number of rotatable bonds is 6. The number of hydrogen-bond acceptors (Lipinski definition) is 5. The van der Waals surface area contributed by atoms with E-state index in [-0.39, 0.29) is 30.5 Å². The summed E-state index contributed by atoms with van der Waals surface area (Å²) in [5.41, 5.74) is 0.961. The van der Waals surface area contributed by atoms with Crippen molar-refractivity contribution in [2.24, 2.45) is 11.8 Å². The second-order valence-corrected chi connectivity index (χ2v) is 12.4. The van der Waals surface area contributed by atoms with Gasteiger partial charge in [0.1, 0.15) is 11.4 Å². The lowest BCUT2D eigenvalue weighted by atomic mass is 9.79. The molecule has 2 N–H and O–H groups in total. The van der Waals surface area contributed by atoms with E-state index in [2.05, 4.69) is 23.7 Å². The van der Waals surface area contributed by atoms with Gasteiger partial charge in [0.25, 0.3) is 0 Å². The van der Waals surface area contributed by atoms with E-state index in [4.69, 9.17) is 4.74 Å². The summed E-state index contributed by atoms with van der Waals surface area (Å²) >= 11 is 0. The SMILES string of the molecule is C=C(N1CNc2c(F)cc(C(F)(F)F)cc2C1)[C@@]1(C2CC2)CC[C@@H](N2CC[C@H](c3cccc(C(=O)O)c3)[C@@H](C)C2)CO1. The van der Waals surface area contributed by atoms with Gasteiger partial charge in [-0.2, -0.15) is 13.2 Å². The molecule has 3 aliphatic heterocycles. The third-order valence-electron chi connectivity index (χ3n) is 9.81. The van der Waals surface area contributed by atoms with E-state index in [1.165, 1.54) is 0 Å². The van der Waals surface area contributed by atoms with Gasteiger partial charge in [-0.1, -0.05) is 25.6 Å². The maximum Gasteiger partial charge on any atom is 0.416 e. The van der Waals surface area contributed by atoms with E-state index < -0.39 is 29.1 Å². The normalized spacial score (nSPS) is 28.6. The van der Waals surface area contributed by atoms with Crippen molar-refractivity contribution in [2.45, 2.75) is 69.3 Å². The summed E-state index contributed by atoms with van der Waals surface area (Å²) in [4.78, 5) is 15.8. The van der Waals surface area contributed by atoms with Crippen LogP contribution < -0.4 is 5.32 Å². The van der Waals surface area contributed by atoms with Crippen LogP contribution in [0.15, 0.2) is 48.7 Å². The Labute approximate surface area is 243 Å². The summed E-state index contributed by atoms with van der Waals surface area (Å²) in [5.74, 6) is -0.838. The van der Waals surface area contributed by atoms with Crippen molar-refractivity contribution in [1.82, 2.24) is 9.80 Å². The second kappa shape index (κ2) is 10.9. The lowest BCUT2D eigenvalue weighted by Crippen LogP contribution is -2.55. The highest BCUT2D eigenvalue weighted by atomic mass is 19.4. The number of hydrogen-bond donors (Lipinski definition) is 2. The van der Waals surface area contributed by atoms with Crippen molar-refractivity contribution in [2.75, 3.05) is 31.7 Å². The second-order valence-electron chi connectivity index (χ2n) is 12.4. The quantitative estimate of drug-likeness (QED) is 0.367. The zero-order chi connectivity index (χ0) is 29.8. The first-order valence-corrected chi connectivity index (χ1v) is 14.8. The number of ether oxygens (including phenoxy) is 1. The summed E-state index contributed by atoms with van der Waals surface area (Å²) in [6.07, 6.45) is 0.0535. The van der Waals surface area contributed by atoms with Gasteiger partial charge in [-0.3, -0.25) is 4.90 Å². The molecule has 42 heavy (non-hydrogen) atoms. The fourth-order valence-electron chi connectivity index (χ4n) is 7.36. The number of likely N-dealkylation sites (tertiary alicyclic amines) is 1. The molecule has 2 aromatic carbocycles. The molecule has 0 aromatic heterocycles. The maximum atomic E-state index is 14.5. The van der Waals surface area contributed by atoms with Crippen LogP contribution in [0, 0.1) is 17.7 Å². The third-order valence-corrected chi connectivity index (χ3v) is 9.81. The molecule has 3 fully saturated rings. The van der Waals surface area contributed by atoms with Crippen LogP contribution in [0.25, 0.3) is 0 Å². The van der Waals surface area contributed by atoms with Crippen LogP contribution in [-0.4, -0.2) is 58.9 Å². The topological polar surface area (TPSA) is 65.0 Å². The Bertz CT molecular complexity index is 1370. The number of halogens is 4. The summed E-state index contributed by atoms with van der Waals surface area (Å²) in [5, 5.41) is 12.4. The molecule has 2 saturated heterocycles. The molecule has 10 heteroatoms. The fraction of sp³-hybridized carbons (Fsp3) is 0.531. The van der Waals surface area contributed by atoms with E-state index in [0.29, 0.717) is 36.0 Å². The van der Waals surface area contributed by atoms with E-state index in [9.17, 15) is 27.5 Å². The Morgan fingerprint density at radius 1 is 1.17 bits per heavy atom. The highest BCUT2D eigenvalue weighted by molar-refractivity contribution is 5.87. The smallest absolute Gasteiger partial charge is 0.416 e. The number of carboxylic acids is 1. The number of piperidine rings is 1. The molecule has 2 aromatic rings. The Kier molecular flexibility index (Phi) is 7.50. The van der Waals surface area contributed by atoms with Gasteiger partial charge in [-0.15, -0.1) is 0 Å². The summed E-state index contributed by atoms with van der Waals surface area (Å²) in [6, 6.07) is 9.08. The van der Waals surface area contributed by atoms with E-state index in [1.807, 2.05) is 17.0 Å². The standard InChI is InChI=1S/C32H37F4N3O3/c1-19-15-38(11-9-27(19)21-4-3-5-22(12-21)30(40)41)26-8-10-31(42-17-26,24-6-7-24)20(2)39-16-23-13-25(32(34,35)36)14-28(33)29(23)37-18-39/h3-5,12-14,19,24,26-27,37H,2,6-11,15-18H2,1H3,(H,40,41)/t19-,26+,27-,31+/m0/s1. The maximum absolute atomic E-state index is 14.5. The average Bonchev–Trinajstić information content (AvgIpc) is 3.82. The van der Waals surface area contributed by atoms with E-state index in [0.717, 1.165) is 62.5 Å². The minimum Gasteiger partial charge on any atom is -0.478 e. The van der Waals surface area contributed by atoms with Crippen molar-refractivity contribution in [3.8, 4) is 0 Å². The molecule has 226 valence electrons. The fourth-order valence-corrected chi connectivity index (χ4v) is 7.36. The van der Waals surface area contributed by atoms with Gasteiger partial charge in [0.15, 0.2) is 0 Å². The molecule has 0 amide bonds. The highest BCUT2D eigenvalue weighted by Crippen LogP contribution is 2.52. The Morgan fingerprint density at radius 2 is 1.95 bits per heavy atom. The number of anilines is 1. The van der Waals surface area contributed by atoms with Gasteiger partial charge in [-0.05, 0) is 91.8 Å². The van der Waals surface area contributed by atoms with Gasteiger partial charge < -0.3 is 20.1 Å². The van der Waals surface area contributed by atoms with Crippen molar-refractivity contribution in [3.63, 3.8) is 0 Å². The lowest BCUT2D eigenvalue weighted by molar-refractivity contribution is -0.137. The number of carbonyl (C=O) groups is 1. The number of fused-ring (bicyclic) bond motifs is 1. The summed E-state index contributed by atoms with van der Waals surface area (Å²) in [6.45, 7) is 9.36. The summed E-state index contributed by atoms with van der Waals surface area (Å²) < 4.78 is 61.3. The molecule has 6 nitrogen and oxygen atoms in total. The van der Waals surface area contributed by atoms with Crippen LogP contribution in [0.3, 0.4) is 0 Å². The molecule has 4 atom stereocenters. The first kappa shape index (κ1) is 29.0. The predicted molar refractivity (Wildman–Crippen MR) is 150 cm³/mol. The molecular formula is C32H37F4N3O3. The number of alkyl halides is 3. The van der Waals surface area contributed by atoms with Crippen LogP contribution in [-0.2, 0) is 17.5 Å². The molecular weight excluding hydrogens is 550 g/mol. The van der Waals surface area contributed by atoms with Crippen molar-refractivity contribution < 1.29 is 32.2 Å². The molecule has 1 saturated carbocycles. The third kappa shape index (κ3) is 5.39. The highest BCUT2D eigenvalue weighted by Gasteiger charge is 2.52. The summed E-state index contributed by atoms with van der Waals surface area (Å²) in [7, 11) is 0. The largest absolute Gasteiger partial charge is 0.478 e. The average molecular weight is 588 g/mol. The van der Waals surface area contributed by atoms with Gasteiger partial charge in [0.05, 0.1) is 30.1 Å². The number of aromatic carboxylic acids is 1. The molecule has 0 bridgehead atoms. The Hall–Kier alpha value is -3.11. The Morgan fingerprint density at radius 3 is 2.60 bits per heavy atom. The number of nitrogens with zero attached hydrogens (tertiary/aromatic N) is 2. The molecule has 3 heterocycles. The molecule has 4 aliphatic rings. The van der Waals surface area contributed by atoms with Crippen LogP contribution in [0.2, 0.25) is 0 Å². The van der Waals surface area contributed by atoms with Crippen LogP contribution in [0.4, 0.5) is 23.2 Å². The molecule has 0 unspecified atom stereocenters. The van der Waals surface area contributed by atoms with Gasteiger partial charge >= 0.3 is 12.1 Å². The lowest BCUT2D eigenvalue weighted by Gasteiger charge is -2.50. The number of nitrogens with one attached hydrogen (secondary N) is 1. The first-order valence-electron chi connectivity index (χ1n) is 14.8. The minimum absolute atomic E-state index is 0.115.